The second kappa shape index (κ2) is 7.37. The van der Waals surface area contributed by atoms with Crippen LogP contribution in [0.3, 0.4) is 0 Å². The number of hydrogen-bond donors (Lipinski definition) is 2. The van der Waals surface area contributed by atoms with Crippen LogP contribution >= 0.6 is 0 Å². The molecule has 1 aliphatic rings. The van der Waals surface area contributed by atoms with Crippen molar-refractivity contribution >= 4 is 5.82 Å². The average molecular weight is 341 g/mol. The van der Waals surface area contributed by atoms with Gasteiger partial charge in [-0.1, -0.05) is 6.07 Å². The number of hydrogen-bond acceptors (Lipinski definition) is 5. The zero-order valence-corrected chi connectivity index (χ0v) is 15.0. The quantitative estimate of drug-likeness (QED) is 0.885. The fourth-order valence-corrected chi connectivity index (χ4v) is 3.56. The second-order valence-corrected chi connectivity index (χ2v) is 7.10. The monoisotopic (exact) mass is 341 g/mol. The van der Waals surface area contributed by atoms with Crippen LogP contribution < -0.4 is 17.2 Å². The Labute approximate surface area is 148 Å². The molecule has 3 rings (SSSR count). The van der Waals surface area contributed by atoms with E-state index in [1.165, 1.54) is 28.5 Å². The Kier molecular flexibility index (Phi) is 5.20. The molecule has 1 aromatic heterocycles. The second-order valence-electron chi connectivity index (χ2n) is 7.10. The maximum Gasteiger partial charge on any atom is 0.354 e. The zero-order chi connectivity index (χ0) is 18.0. The smallest absolute Gasteiger partial charge is 0.354 e. The average Bonchev–Trinajstić information content (AvgIpc) is 2.57. The third-order valence-corrected chi connectivity index (χ3v) is 5.21. The minimum absolute atomic E-state index is 0.239. The van der Waals surface area contributed by atoms with E-state index in [-0.39, 0.29) is 11.5 Å². The van der Waals surface area contributed by atoms with Crippen LogP contribution in [0.1, 0.15) is 36.8 Å². The molecule has 2 aromatic rings. The van der Waals surface area contributed by atoms with Crippen LogP contribution in [0.2, 0.25) is 0 Å². The topological polar surface area (TPSA) is 90.2 Å². The Morgan fingerprint density at radius 3 is 2.60 bits per heavy atom. The summed E-state index contributed by atoms with van der Waals surface area (Å²) >= 11 is 0. The van der Waals surface area contributed by atoms with Gasteiger partial charge in [0.2, 0.25) is 0 Å². The van der Waals surface area contributed by atoms with Crippen molar-refractivity contribution in [2.24, 2.45) is 5.73 Å². The van der Waals surface area contributed by atoms with Crippen molar-refractivity contribution in [1.82, 2.24) is 14.5 Å². The maximum atomic E-state index is 12.0. The minimum atomic E-state index is -0.359. The molecule has 134 valence electrons. The van der Waals surface area contributed by atoms with Crippen molar-refractivity contribution in [2.75, 3.05) is 12.8 Å². The highest BCUT2D eigenvalue weighted by Crippen LogP contribution is 2.23. The Morgan fingerprint density at radius 1 is 1.24 bits per heavy atom. The molecule has 0 spiro atoms. The third-order valence-electron chi connectivity index (χ3n) is 5.21. The number of rotatable bonds is 4. The standard InChI is InChI=1S/C19H27N5O/c1-13-11-17(24-10-9-18(21)22-19(24)25)6-3-14(13)12-23(2)16-7-4-15(20)5-8-16/h3,6,9-11,15-16H,4-5,7-8,12,20H2,1-2H3,(H2,21,22,25)/t15-,16-. The summed E-state index contributed by atoms with van der Waals surface area (Å²) in [6.45, 7) is 2.99. The van der Waals surface area contributed by atoms with Crippen molar-refractivity contribution in [3.05, 3.63) is 52.1 Å². The van der Waals surface area contributed by atoms with Gasteiger partial charge >= 0.3 is 5.69 Å². The van der Waals surface area contributed by atoms with E-state index < -0.39 is 0 Å². The third kappa shape index (κ3) is 4.08. The molecule has 0 radical (unpaired) electrons. The molecule has 1 aliphatic carbocycles. The lowest BCUT2D eigenvalue weighted by molar-refractivity contribution is 0.176. The fraction of sp³-hybridized carbons (Fsp3) is 0.474. The zero-order valence-electron chi connectivity index (χ0n) is 15.0. The Balaban J connectivity index is 1.75. The van der Waals surface area contributed by atoms with Gasteiger partial charge < -0.3 is 11.5 Å². The number of nitrogen functional groups attached to an aromatic ring is 1. The predicted octanol–water partition coefficient (Wildman–Crippen LogP) is 1.82. The number of nitrogens with two attached hydrogens (primary N) is 2. The van der Waals surface area contributed by atoms with Crippen molar-refractivity contribution in [3.63, 3.8) is 0 Å². The molecule has 0 atom stereocenters. The molecule has 0 saturated heterocycles. The minimum Gasteiger partial charge on any atom is -0.383 e. The van der Waals surface area contributed by atoms with E-state index in [1.54, 1.807) is 12.3 Å². The van der Waals surface area contributed by atoms with Gasteiger partial charge in [0.05, 0.1) is 5.69 Å². The molecule has 1 heterocycles. The highest BCUT2D eigenvalue weighted by molar-refractivity contribution is 5.41. The molecule has 0 bridgehead atoms. The number of aromatic nitrogens is 2. The first-order valence-corrected chi connectivity index (χ1v) is 8.85. The fourth-order valence-electron chi connectivity index (χ4n) is 3.56. The van der Waals surface area contributed by atoms with Gasteiger partial charge in [-0.2, -0.15) is 4.98 Å². The van der Waals surface area contributed by atoms with Crippen molar-refractivity contribution in [3.8, 4) is 5.69 Å². The highest BCUT2D eigenvalue weighted by atomic mass is 16.1. The molecule has 0 aliphatic heterocycles. The number of anilines is 1. The summed E-state index contributed by atoms with van der Waals surface area (Å²) in [6.07, 6.45) is 6.22. The van der Waals surface area contributed by atoms with E-state index in [2.05, 4.69) is 29.9 Å². The molecule has 6 nitrogen and oxygen atoms in total. The first-order chi connectivity index (χ1) is 11.9. The Bertz CT molecular complexity index is 793. The van der Waals surface area contributed by atoms with Gasteiger partial charge in [-0.25, -0.2) is 4.79 Å². The maximum absolute atomic E-state index is 12.0. The summed E-state index contributed by atoms with van der Waals surface area (Å²) in [5.74, 6) is 0.239. The molecule has 4 N–H and O–H groups in total. The molecule has 0 unspecified atom stereocenters. The van der Waals surface area contributed by atoms with Gasteiger partial charge in [-0.05, 0) is 69.0 Å². The van der Waals surface area contributed by atoms with Crippen molar-refractivity contribution < 1.29 is 0 Å². The summed E-state index contributed by atoms with van der Waals surface area (Å²) in [5, 5.41) is 0. The lowest BCUT2D eigenvalue weighted by atomic mass is 9.90. The van der Waals surface area contributed by atoms with E-state index in [4.69, 9.17) is 11.5 Å². The van der Waals surface area contributed by atoms with Crippen LogP contribution in [0.4, 0.5) is 5.82 Å². The lowest BCUT2D eigenvalue weighted by Crippen LogP contribution is -2.38. The van der Waals surface area contributed by atoms with E-state index in [1.807, 2.05) is 12.1 Å². The molecule has 0 amide bonds. The summed E-state index contributed by atoms with van der Waals surface area (Å²) < 4.78 is 1.51. The molecule has 1 aromatic carbocycles. The summed E-state index contributed by atoms with van der Waals surface area (Å²) in [4.78, 5) is 18.2. The molecule has 25 heavy (non-hydrogen) atoms. The van der Waals surface area contributed by atoms with E-state index in [0.29, 0.717) is 12.1 Å². The number of benzene rings is 1. The highest BCUT2D eigenvalue weighted by Gasteiger charge is 2.22. The van der Waals surface area contributed by atoms with Crippen LogP contribution in [-0.2, 0) is 6.54 Å². The lowest BCUT2D eigenvalue weighted by Gasteiger charge is -2.33. The van der Waals surface area contributed by atoms with Crippen molar-refractivity contribution in [1.29, 1.82) is 0 Å². The first-order valence-electron chi connectivity index (χ1n) is 8.85. The molecule has 6 heteroatoms. The van der Waals surface area contributed by atoms with Gasteiger partial charge in [0.15, 0.2) is 0 Å². The Hall–Kier alpha value is -2.18. The predicted molar refractivity (Wildman–Crippen MR) is 101 cm³/mol. The summed E-state index contributed by atoms with van der Waals surface area (Å²) in [6, 6.07) is 8.69. The number of nitrogens with zero attached hydrogens (tertiary/aromatic N) is 3. The van der Waals surface area contributed by atoms with Crippen LogP contribution in [0, 0.1) is 6.92 Å². The van der Waals surface area contributed by atoms with Gasteiger partial charge in [-0.15, -0.1) is 0 Å². The molecular weight excluding hydrogens is 314 g/mol. The first kappa shape index (κ1) is 17.6. The summed E-state index contributed by atoms with van der Waals surface area (Å²) in [5.41, 5.74) is 14.5. The SMILES string of the molecule is Cc1cc(-n2ccc(N)nc2=O)ccc1CN(C)[C@H]1CC[C@H](N)CC1. The van der Waals surface area contributed by atoms with Crippen LogP contribution in [0.15, 0.2) is 35.3 Å². The van der Waals surface area contributed by atoms with Gasteiger partial charge in [0.25, 0.3) is 0 Å². The van der Waals surface area contributed by atoms with Crippen LogP contribution in [0.5, 0.6) is 0 Å². The Morgan fingerprint density at radius 2 is 1.96 bits per heavy atom. The number of aryl methyl sites for hydroxylation is 1. The van der Waals surface area contributed by atoms with Crippen molar-refractivity contribution in [2.45, 2.75) is 51.2 Å². The van der Waals surface area contributed by atoms with E-state index >= 15 is 0 Å². The normalized spacial score (nSPS) is 20.8. The molecule has 1 fully saturated rings. The van der Waals surface area contributed by atoms with Gasteiger partial charge in [0, 0.05) is 24.8 Å². The van der Waals surface area contributed by atoms with Crippen LogP contribution in [0.25, 0.3) is 5.69 Å². The largest absolute Gasteiger partial charge is 0.383 e. The van der Waals surface area contributed by atoms with Gasteiger partial charge in [0.1, 0.15) is 5.82 Å². The van der Waals surface area contributed by atoms with E-state index in [0.717, 1.165) is 25.1 Å². The molecular formula is C19H27N5O. The van der Waals surface area contributed by atoms with Crippen LogP contribution in [-0.4, -0.2) is 33.6 Å². The summed E-state index contributed by atoms with van der Waals surface area (Å²) in [7, 11) is 2.18. The van der Waals surface area contributed by atoms with Gasteiger partial charge in [-0.3, -0.25) is 9.47 Å². The van der Waals surface area contributed by atoms with E-state index in [9.17, 15) is 4.79 Å². The molecule has 1 saturated carbocycles.